The van der Waals surface area contributed by atoms with Crippen LogP contribution < -0.4 is 14.8 Å². The molecule has 1 heterocycles. The fourth-order valence-electron chi connectivity index (χ4n) is 2.71. The minimum Gasteiger partial charge on any atom is -0.493 e. The molecule has 0 saturated carbocycles. The van der Waals surface area contributed by atoms with Gasteiger partial charge in [-0.05, 0) is 18.2 Å². The second-order valence-corrected chi connectivity index (χ2v) is 5.91. The first kappa shape index (κ1) is 20.9. The van der Waals surface area contributed by atoms with Crippen LogP contribution >= 0.6 is 0 Å². The molecular formula is C17H23NO9. The van der Waals surface area contributed by atoms with Crippen LogP contribution in [0.3, 0.4) is 0 Å². The Kier molecular flexibility index (Phi) is 6.97. The lowest BCUT2D eigenvalue weighted by Crippen LogP contribution is -2.65. The van der Waals surface area contributed by atoms with Crippen LogP contribution in [-0.2, 0) is 14.3 Å². The van der Waals surface area contributed by atoms with Crippen LogP contribution in [0.4, 0.5) is 0 Å². The molecule has 1 aromatic carbocycles. The van der Waals surface area contributed by atoms with Crippen molar-refractivity contribution in [3.63, 3.8) is 0 Å². The number of carbonyl (C=O) groups is 2. The summed E-state index contributed by atoms with van der Waals surface area (Å²) in [6, 6.07) is 3.16. The maximum atomic E-state index is 11.6. The van der Waals surface area contributed by atoms with E-state index >= 15 is 0 Å². The molecule has 0 radical (unpaired) electrons. The molecule has 1 amide bonds. The molecule has 5 atom stereocenters. The predicted octanol–water partition coefficient (Wildman–Crippen LogP) is -1.20. The van der Waals surface area contributed by atoms with Gasteiger partial charge in [-0.2, -0.15) is 0 Å². The van der Waals surface area contributed by atoms with Gasteiger partial charge in [-0.25, -0.2) is 4.79 Å². The average molecular weight is 385 g/mol. The minimum absolute atomic E-state index is 0.158. The summed E-state index contributed by atoms with van der Waals surface area (Å²) in [4.78, 5) is 23.1. The van der Waals surface area contributed by atoms with Crippen LogP contribution in [0.1, 0.15) is 17.3 Å². The summed E-state index contributed by atoms with van der Waals surface area (Å²) < 4.78 is 21.1. The molecule has 1 saturated heterocycles. The summed E-state index contributed by atoms with van der Waals surface area (Å²) in [6.07, 6.45) is -5.21. The molecule has 0 unspecified atom stereocenters. The number of rotatable bonds is 6. The Bertz CT molecular complexity index is 680. The highest BCUT2D eigenvalue weighted by Crippen LogP contribution is 2.32. The van der Waals surface area contributed by atoms with Gasteiger partial charge in [-0.1, -0.05) is 0 Å². The van der Waals surface area contributed by atoms with Crippen molar-refractivity contribution in [3.05, 3.63) is 23.8 Å². The van der Waals surface area contributed by atoms with Crippen molar-refractivity contribution >= 4 is 11.9 Å². The molecule has 10 nitrogen and oxygen atoms in total. The van der Waals surface area contributed by atoms with Gasteiger partial charge >= 0.3 is 5.97 Å². The minimum atomic E-state index is -1.44. The summed E-state index contributed by atoms with van der Waals surface area (Å²) in [5, 5.41) is 32.1. The first-order chi connectivity index (χ1) is 12.8. The zero-order valence-electron chi connectivity index (χ0n) is 15.1. The number of methoxy groups -OCH3 is 2. The molecule has 4 N–H and O–H groups in total. The Morgan fingerprint density at radius 1 is 1.19 bits per heavy atom. The van der Waals surface area contributed by atoms with Crippen molar-refractivity contribution in [1.82, 2.24) is 5.32 Å². The standard InChI is InChI=1S/C17H23NO9/c1-8(20)18-13-15(22)14(21)12(7-19)27-17(13)26-10-5-4-9(16(23)25-3)6-11(10)24-2/h4-6,12-15,17,19,21-22H,7H2,1-3H3,(H,18,20)/t12-,13-,14+,15-,17-/m0/s1. The molecule has 27 heavy (non-hydrogen) atoms. The third-order valence-corrected chi connectivity index (χ3v) is 4.08. The Morgan fingerprint density at radius 2 is 1.89 bits per heavy atom. The van der Waals surface area contributed by atoms with Gasteiger partial charge in [-0.3, -0.25) is 4.79 Å². The second kappa shape index (κ2) is 9.00. The number of ether oxygens (including phenoxy) is 4. The number of amides is 1. The highest BCUT2D eigenvalue weighted by Gasteiger charge is 2.46. The molecule has 10 heteroatoms. The van der Waals surface area contributed by atoms with E-state index in [0.29, 0.717) is 0 Å². The molecule has 1 fully saturated rings. The number of esters is 1. The predicted molar refractivity (Wildman–Crippen MR) is 90.3 cm³/mol. The third kappa shape index (κ3) is 4.66. The van der Waals surface area contributed by atoms with Crippen LogP contribution in [0.25, 0.3) is 0 Å². The number of carbonyl (C=O) groups excluding carboxylic acids is 2. The molecule has 0 spiro atoms. The van der Waals surface area contributed by atoms with Gasteiger partial charge in [0.2, 0.25) is 12.2 Å². The van der Waals surface area contributed by atoms with Gasteiger partial charge in [0.05, 0.1) is 26.4 Å². The average Bonchev–Trinajstić information content (AvgIpc) is 2.66. The number of hydrogen-bond acceptors (Lipinski definition) is 9. The van der Waals surface area contributed by atoms with E-state index in [-0.39, 0.29) is 17.1 Å². The van der Waals surface area contributed by atoms with E-state index in [1.807, 2.05) is 0 Å². The van der Waals surface area contributed by atoms with Crippen molar-refractivity contribution in [1.29, 1.82) is 0 Å². The SMILES string of the molecule is COC(=O)c1ccc(O[C@H]2O[C@@H](CO)[C@@H](O)[C@@H](O)[C@@H]2NC(C)=O)c(OC)c1. The summed E-state index contributed by atoms with van der Waals surface area (Å²) in [5.74, 6) is -0.697. The lowest BCUT2D eigenvalue weighted by molar-refractivity contribution is -0.244. The first-order valence-corrected chi connectivity index (χ1v) is 8.15. The Labute approximate surface area is 155 Å². The Hall–Kier alpha value is -2.40. The van der Waals surface area contributed by atoms with Crippen LogP contribution in [0.2, 0.25) is 0 Å². The topological polar surface area (TPSA) is 144 Å². The van der Waals surface area contributed by atoms with E-state index in [1.54, 1.807) is 0 Å². The number of aliphatic hydroxyl groups is 3. The van der Waals surface area contributed by atoms with Gasteiger partial charge < -0.3 is 39.6 Å². The molecule has 1 aromatic rings. The van der Waals surface area contributed by atoms with Crippen molar-refractivity contribution in [2.24, 2.45) is 0 Å². The third-order valence-electron chi connectivity index (χ3n) is 4.08. The van der Waals surface area contributed by atoms with Crippen molar-refractivity contribution in [2.45, 2.75) is 37.6 Å². The van der Waals surface area contributed by atoms with E-state index in [2.05, 4.69) is 10.1 Å². The fourth-order valence-corrected chi connectivity index (χ4v) is 2.71. The van der Waals surface area contributed by atoms with E-state index in [0.717, 1.165) is 0 Å². The van der Waals surface area contributed by atoms with Gasteiger partial charge in [0.1, 0.15) is 24.4 Å². The van der Waals surface area contributed by atoms with E-state index < -0.39 is 49.1 Å². The highest BCUT2D eigenvalue weighted by molar-refractivity contribution is 5.90. The van der Waals surface area contributed by atoms with Gasteiger partial charge in [-0.15, -0.1) is 0 Å². The van der Waals surface area contributed by atoms with Gasteiger partial charge in [0.25, 0.3) is 0 Å². The summed E-state index contributed by atoms with van der Waals surface area (Å²) in [6.45, 7) is 0.670. The van der Waals surface area contributed by atoms with Crippen molar-refractivity contribution < 1.29 is 43.9 Å². The quantitative estimate of drug-likeness (QED) is 0.444. The zero-order chi connectivity index (χ0) is 20.1. The van der Waals surface area contributed by atoms with Crippen LogP contribution in [0.15, 0.2) is 18.2 Å². The maximum Gasteiger partial charge on any atom is 0.337 e. The van der Waals surface area contributed by atoms with E-state index in [9.17, 15) is 24.9 Å². The number of hydrogen-bond donors (Lipinski definition) is 4. The molecule has 0 aliphatic carbocycles. The fraction of sp³-hybridized carbons (Fsp3) is 0.529. The molecule has 1 aliphatic heterocycles. The largest absolute Gasteiger partial charge is 0.493 e. The zero-order valence-corrected chi connectivity index (χ0v) is 15.1. The number of aliphatic hydroxyl groups excluding tert-OH is 3. The molecule has 2 rings (SSSR count). The highest BCUT2D eigenvalue weighted by atomic mass is 16.7. The number of nitrogens with one attached hydrogen (secondary N) is 1. The van der Waals surface area contributed by atoms with Crippen LogP contribution in [0.5, 0.6) is 11.5 Å². The smallest absolute Gasteiger partial charge is 0.337 e. The molecule has 0 aromatic heterocycles. The van der Waals surface area contributed by atoms with E-state index in [1.165, 1.54) is 39.3 Å². The number of benzene rings is 1. The maximum absolute atomic E-state index is 11.6. The lowest BCUT2D eigenvalue weighted by Gasteiger charge is -2.42. The molecule has 150 valence electrons. The summed E-state index contributed by atoms with van der Waals surface area (Å²) in [7, 11) is 2.61. The lowest BCUT2D eigenvalue weighted by atomic mass is 9.97. The molecule has 1 aliphatic rings. The van der Waals surface area contributed by atoms with E-state index in [4.69, 9.17) is 14.2 Å². The Balaban J connectivity index is 2.30. The monoisotopic (exact) mass is 385 g/mol. The van der Waals surface area contributed by atoms with Gasteiger partial charge in [0.15, 0.2) is 11.5 Å². The summed E-state index contributed by atoms with van der Waals surface area (Å²) >= 11 is 0. The molecule has 0 bridgehead atoms. The van der Waals surface area contributed by atoms with Gasteiger partial charge in [0, 0.05) is 6.92 Å². The first-order valence-electron chi connectivity index (χ1n) is 8.15. The second-order valence-electron chi connectivity index (χ2n) is 5.91. The van der Waals surface area contributed by atoms with Crippen molar-refractivity contribution in [3.8, 4) is 11.5 Å². The Morgan fingerprint density at radius 3 is 2.44 bits per heavy atom. The van der Waals surface area contributed by atoms with Crippen molar-refractivity contribution in [2.75, 3.05) is 20.8 Å². The molecular weight excluding hydrogens is 362 g/mol. The normalized spacial score (nSPS) is 27.6. The van der Waals surface area contributed by atoms with Crippen LogP contribution in [-0.4, -0.2) is 78.7 Å². The van der Waals surface area contributed by atoms with Crippen LogP contribution in [0, 0.1) is 0 Å². The summed E-state index contributed by atoms with van der Waals surface area (Å²) in [5.41, 5.74) is 0.230.